The number of halogens is 3. The van der Waals surface area contributed by atoms with Crippen molar-refractivity contribution in [2.75, 3.05) is 44.7 Å². The summed E-state index contributed by atoms with van der Waals surface area (Å²) < 4.78 is 38.4. The highest BCUT2D eigenvalue weighted by Crippen LogP contribution is 2.31. The lowest BCUT2D eigenvalue weighted by Gasteiger charge is -2.45. The van der Waals surface area contributed by atoms with Crippen LogP contribution in [-0.4, -0.2) is 66.5 Å². The third kappa shape index (κ3) is 2.75. The summed E-state index contributed by atoms with van der Waals surface area (Å²) in [6.07, 6.45) is -3.22. The molecule has 1 aromatic rings. The van der Waals surface area contributed by atoms with Crippen LogP contribution in [0.4, 0.5) is 19.0 Å². The molecule has 1 aromatic heterocycles. The Kier molecular flexibility index (Phi) is 3.72. The molecule has 2 fully saturated rings. The van der Waals surface area contributed by atoms with Crippen LogP contribution in [0, 0.1) is 0 Å². The molecule has 0 radical (unpaired) electrons. The van der Waals surface area contributed by atoms with Crippen LogP contribution in [0.5, 0.6) is 0 Å². The van der Waals surface area contributed by atoms with E-state index in [1.807, 2.05) is 0 Å². The van der Waals surface area contributed by atoms with Crippen molar-refractivity contribution >= 4 is 11.7 Å². The highest BCUT2D eigenvalue weighted by molar-refractivity contribution is 5.83. The Hall–Kier alpha value is -1.83. The fraction of sp³-hybridized carbons (Fsp3) is 0.571. The minimum atomic E-state index is -4.39. The number of carbonyl (C=O) groups excluding carboxylic acids is 1. The zero-order valence-corrected chi connectivity index (χ0v) is 12.2. The maximum atomic E-state index is 12.8. The summed E-state index contributed by atoms with van der Waals surface area (Å²) in [4.78, 5) is 21.8. The Bertz CT molecular complexity index is 577. The number of rotatable bonds is 1. The topological polar surface area (TPSA) is 39.7 Å². The van der Waals surface area contributed by atoms with Gasteiger partial charge in [-0.15, -0.1) is 0 Å². The first-order valence-electron chi connectivity index (χ1n) is 7.13. The van der Waals surface area contributed by atoms with E-state index in [1.165, 1.54) is 6.20 Å². The minimum absolute atomic E-state index is 0.0166. The van der Waals surface area contributed by atoms with E-state index in [-0.39, 0.29) is 17.8 Å². The number of hydrogen-bond donors (Lipinski definition) is 0. The van der Waals surface area contributed by atoms with E-state index >= 15 is 0 Å². The molecular weight excluding hydrogens is 297 g/mol. The summed E-state index contributed by atoms with van der Waals surface area (Å²) in [7, 11) is 1.75. The van der Waals surface area contributed by atoms with Crippen molar-refractivity contribution in [2.45, 2.75) is 12.2 Å². The monoisotopic (exact) mass is 314 g/mol. The number of carbonyl (C=O) groups is 1. The summed E-state index contributed by atoms with van der Waals surface area (Å²) in [5, 5.41) is 0. The van der Waals surface area contributed by atoms with Gasteiger partial charge in [0.25, 0.3) is 0 Å². The molecule has 0 spiro atoms. The first-order chi connectivity index (χ1) is 10.4. The van der Waals surface area contributed by atoms with Gasteiger partial charge in [-0.2, -0.15) is 13.2 Å². The highest BCUT2D eigenvalue weighted by Gasteiger charge is 2.38. The molecule has 8 heteroatoms. The van der Waals surface area contributed by atoms with Crippen LogP contribution in [0.1, 0.15) is 5.56 Å². The van der Waals surface area contributed by atoms with Gasteiger partial charge in [-0.05, 0) is 12.1 Å². The van der Waals surface area contributed by atoms with Gasteiger partial charge >= 0.3 is 6.18 Å². The summed E-state index contributed by atoms with van der Waals surface area (Å²) in [6.45, 7) is 3.09. The van der Waals surface area contributed by atoms with Gasteiger partial charge in [0.05, 0.1) is 5.56 Å². The van der Waals surface area contributed by atoms with Crippen LogP contribution in [0.25, 0.3) is 0 Å². The third-order valence-electron chi connectivity index (χ3n) is 4.27. The second kappa shape index (κ2) is 5.42. The van der Waals surface area contributed by atoms with E-state index in [4.69, 9.17) is 0 Å². The lowest BCUT2D eigenvalue weighted by atomic mass is 10.1. The molecule has 1 amide bonds. The van der Waals surface area contributed by atoms with Crippen molar-refractivity contribution in [2.24, 2.45) is 0 Å². The predicted molar refractivity (Wildman–Crippen MR) is 74.5 cm³/mol. The van der Waals surface area contributed by atoms with E-state index in [0.29, 0.717) is 26.2 Å². The first-order valence-corrected chi connectivity index (χ1v) is 7.13. The lowest BCUT2D eigenvalue weighted by Crippen LogP contribution is -2.64. The van der Waals surface area contributed by atoms with Crippen LogP contribution in [0.15, 0.2) is 18.3 Å². The van der Waals surface area contributed by atoms with Gasteiger partial charge in [0.2, 0.25) is 5.91 Å². The number of likely N-dealkylation sites (N-methyl/N-ethyl adjacent to an activating group) is 1. The summed E-state index contributed by atoms with van der Waals surface area (Å²) in [6, 6.07) is 1.70. The predicted octanol–water partition coefficient (Wildman–Crippen LogP) is 1.06. The molecule has 2 aliphatic rings. The largest absolute Gasteiger partial charge is 0.416 e. The van der Waals surface area contributed by atoms with Crippen molar-refractivity contribution in [3.63, 3.8) is 0 Å². The minimum Gasteiger partial charge on any atom is -0.353 e. The Morgan fingerprint density at radius 2 is 1.95 bits per heavy atom. The maximum Gasteiger partial charge on any atom is 0.416 e. The standard InChI is InChI=1S/C14H17F3N4O/c1-19-4-5-20-6-7-21(9-11(20)13(19)22)12-8-10(2-3-18-12)14(15,16)17/h2-3,8,11H,4-7,9H2,1H3. The van der Waals surface area contributed by atoms with Gasteiger partial charge in [0.15, 0.2) is 0 Å². The Morgan fingerprint density at radius 1 is 1.23 bits per heavy atom. The molecule has 5 nitrogen and oxygen atoms in total. The summed E-state index contributed by atoms with van der Waals surface area (Å²) in [5.74, 6) is 0.290. The average molecular weight is 314 g/mol. The number of pyridine rings is 1. The van der Waals surface area contributed by atoms with Crippen LogP contribution >= 0.6 is 0 Å². The van der Waals surface area contributed by atoms with E-state index in [1.54, 1.807) is 16.8 Å². The fourth-order valence-corrected chi connectivity index (χ4v) is 2.94. The molecule has 0 aromatic carbocycles. The van der Waals surface area contributed by atoms with Gasteiger partial charge in [-0.1, -0.05) is 0 Å². The van der Waals surface area contributed by atoms with E-state index < -0.39 is 11.7 Å². The fourth-order valence-electron chi connectivity index (χ4n) is 2.94. The number of amides is 1. The SMILES string of the molecule is CN1CCN2CCN(c3cc(C(F)(F)F)ccn3)CC2C1=O. The van der Waals surface area contributed by atoms with Gasteiger partial charge in [-0.25, -0.2) is 4.98 Å². The molecule has 2 saturated heterocycles. The molecule has 2 aliphatic heterocycles. The van der Waals surface area contributed by atoms with Gasteiger partial charge in [0, 0.05) is 46.0 Å². The summed E-state index contributed by atoms with van der Waals surface area (Å²) in [5.41, 5.74) is -0.716. The summed E-state index contributed by atoms with van der Waals surface area (Å²) >= 11 is 0. The van der Waals surface area contributed by atoms with Crippen LogP contribution in [0.3, 0.4) is 0 Å². The highest BCUT2D eigenvalue weighted by atomic mass is 19.4. The van der Waals surface area contributed by atoms with Crippen molar-refractivity contribution < 1.29 is 18.0 Å². The zero-order valence-electron chi connectivity index (χ0n) is 12.2. The van der Waals surface area contributed by atoms with Gasteiger partial charge in [0.1, 0.15) is 11.9 Å². The second-order valence-corrected chi connectivity index (χ2v) is 5.66. The van der Waals surface area contributed by atoms with Crippen molar-refractivity contribution in [3.8, 4) is 0 Å². The van der Waals surface area contributed by atoms with Crippen LogP contribution in [-0.2, 0) is 11.0 Å². The Balaban J connectivity index is 1.80. The normalized spacial score (nSPS) is 23.6. The second-order valence-electron chi connectivity index (χ2n) is 5.66. The molecule has 1 unspecified atom stereocenters. The van der Waals surface area contributed by atoms with E-state index in [2.05, 4.69) is 9.88 Å². The van der Waals surface area contributed by atoms with Crippen LogP contribution in [0.2, 0.25) is 0 Å². The number of fused-ring (bicyclic) bond motifs is 1. The zero-order chi connectivity index (χ0) is 15.9. The number of anilines is 1. The molecule has 3 heterocycles. The molecule has 0 aliphatic carbocycles. The molecule has 0 saturated carbocycles. The Morgan fingerprint density at radius 3 is 2.68 bits per heavy atom. The average Bonchev–Trinajstić information content (AvgIpc) is 2.50. The quantitative estimate of drug-likeness (QED) is 0.777. The molecule has 22 heavy (non-hydrogen) atoms. The first kappa shape index (κ1) is 15.1. The molecule has 0 N–H and O–H groups in total. The Labute approximate surface area is 126 Å². The third-order valence-corrected chi connectivity index (χ3v) is 4.27. The molecule has 1 atom stereocenters. The number of piperazine rings is 2. The number of alkyl halides is 3. The van der Waals surface area contributed by atoms with Gasteiger partial charge < -0.3 is 9.80 Å². The molecule has 0 bridgehead atoms. The van der Waals surface area contributed by atoms with Crippen molar-refractivity contribution in [1.82, 2.24) is 14.8 Å². The van der Waals surface area contributed by atoms with Crippen LogP contribution < -0.4 is 4.90 Å². The van der Waals surface area contributed by atoms with E-state index in [0.717, 1.165) is 18.7 Å². The van der Waals surface area contributed by atoms with Crippen molar-refractivity contribution in [1.29, 1.82) is 0 Å². The van der Waals surface area contributed by atoms with Gasteiger partial charge in [-0.3, -0.25) is 9.69 Å². The number of aromatic nitrogens is 1. The molecular formula is C14H17F3N4O. The molecule has 3 rings (SSSR count). The maximum absolute atomic E-state index is 12.8. The molecule has 120 valence electrons. The smallest absolute Gasteiger partial charge is 0.353 e. The van der Waals surface area contributed by atoms with E-state index in [9.17, 15) is 18.0 Å². The van der Waals surface area contributed by atoms with Crippen molar-refractivity contribution in [3.05, 3.63) is 23.9 Å². The lowest BCUT2D eigenvalue weighted by molar-refractivity contribution is -0.140. The number of hydrogen-bond acceptors (Lipinski definition) is 4. The number of nitrogens with zero attached hydrogens (tertiary/aromatic N) is 4.